The van der Waals surface area contributed by atoms with Gasteiger partial charge in [-0.05, 0) is 68.5 Å². The summed E-state index contributed by atoms with van der Waals surface area (Å²) in [6.45, 7) is 14.1. The number of nitrogens with one attached hydrogen (secondary N) is 3. The molecule has 5 heterocycles. The van der Waals surface area contributed by atoms with Crippen molar-refractivity contribution in [2.45, 2.75) is 71.3 Å². The van der Waals surface area contributed by atoms with E-state index in [0.717, 1.165) is 82.1 Å². The third-order valence-electron chi connectivity index (χ3n) is 11.8. The number of anilines is 2. The second-order valence-corrected chi connectivity index (χ2v) is 20.5. The Balaban J connectivity index is 0.818. The van der Waals surface area contributed by atoms with Crippen molar-refractivity contribution in [3.8, 4) is 21.8 Å². The van der Waals surface area contributed by atoms with Crippen LogP contribution >= 0.6 is 11.3 Å². The fraction of sp³-hybridized carbons (Fsp3) is 0.488. The lowest BCUT2D eigenvalue weighted by Gasteiger charge is -2.59. The summed E-state index contributed by atoms with van der Waals surface area (Å²) in [7, 11) is -3.71. The third kappa shape index (κ3) is 8.81. The zero-order valence-electron chi connectivity index (χ0n) is 34.5. The molecule has 17 heteroatoms. The summed E-state index contributed by atoms with van der Waals surface area (Å²) in [5, 5.41) is 6.67. The number of piperazine rings is 1. The maximum absolute atomic E-state index is 16.0. The number of halogens is 1. The van der Waals surface area contributed by atoms with Crippen molar-refractivity contribution in [1.29, 1.82) is 0 Å². The van der Waals surface area contributed by atoms with Crippen LogP contribution in [0.1, 0.15) is 84.7 Å². The van der Waals surface area contributed by atoms with Gasteiger partial charge in [-0.1, -0.05) is 45.9 Å². The summed E-state index contributed by atoms with van der Waals surface area (Å²) in [6.07, 6.45) is 5.51. The minimum atomic E-state index is -3.71. The molecular weight excluding hydrogens is 806 g/mol. The summed E-state index contributed by atoms with van der Waals surface area (Å²) >= 11 is 1.43. The monoisotopic (exact) mass is 857 g/mol. The summed E-state index contributed by atoms with van der Waals surface area (Å²) < 4.78 is 43.4. The normalized spacial score (nSPS) is 18.2. The van der Waals surface area contributed by atoms with Crippen LogP contribution in [0.25, 0.3) is 21.8 Å². The number of imide groups is 1. The van der Waals surface area contributed by atoms with Crippen LogP contribution in [0.4, 0.5) is 16.0 Å². The van der Waals surface area contributed by atoms with Gasteiger partial charge in [0.2, 0.25) is 21.9 Å². The molecule has 8 rings (SSSR count). The highest BCUT2D eigenvalue weighted by Gasteiger charge is 2.54. The minimum absolute atomic E-state index is 0.101. The Hall–Kier alpha value is -4.84. The lowest BCUT2D eigenvalue weighted by atomic mass is 9.60. The Morgan fingerprint density at radius 3 is 2.43 bits per heavy atom. The standard InChI is InChI=1S/C43H52FN9O5S2/c1-5-21-60(57,58)50-31-13-7-12-30(35(31)44)36-37(59-40(48-36)42(2,3)4)32-14-15-45-41(47-32)46-28-22-43(23-28)25-53(26-43)33(54)24-52-19-17-51(18-20-52)16-8-10-27-9-6-11-29-34(27)39(56)49-38(29)55/h6-7,9,11-15,28,50H,5,8,10,16-26H2,1-4H3,(H,45,46,47)(H,49,55,56). The number of carbonyl (C=O) groups excluding carboxylic acids is 3. The van der Waals surface area contributed by atoms with Gasteiger partial charge in [0, 0.05) is 67.9 Å². The molecule has 3 aliphatic heterocycles. The molecule has 2 saturated heterocycles. The highest BCUT2D eigenvalue weighted by Crippen LogP contribution is 2.49. The smallest absolute Gasteiger partial charge is 0.259 e. The molecule has 60 heavy (non-hydrogen) atoms. The second kappa shape index (κ2) is 16.6. The van der Waals surface area contributed by atoms with Crippen molar-refractivity contribution >= 4 is 50.7 Å². The van der Waals surface area contributed by atoms with Gasteiger partial charge in [0.15, 0.2) is 5.82 Å². The molecule has 3 N–H and O–H groups in total. The van der Waals surface area contributed by atoms with Crippen LogP contribution in [0, 0.1) is 11.2 Å². The first-order valence-electron chi connectivity index (χ1n) is 20.7. The van der Waals surface area contributed by atoms with Crippen molar-refractivity contribution < 1.29 is 27.2 Å². The SMILES string of the molecule is CCCS(=O)(=O)Nc1cccc(-c2nc(C(C)(C)C)sc2-c2ccnc(NC3CC4(C3)CN(C(=O)CN3CCN(CCCc5cccc6c5C(=O)NC6=O)CC3)C4)n2)c1F. The lowest BCUT2D eigenvalue weighted by Crippen LogP contribution is -2.67. The van der Waals surface area contributed by atoms with Gasteiger partial charge in [0.05, 0.1) is 50.4 Å². The van der Waals surface area contributed by atoms with E-state index in [1.807, 2.05) is 37.8 Å². The maximum atomic E-state index is 16.0. The number of aryl methyl sites for hydroxylation is 1. The van der Waals surface area contributed by atoms with E-state index in [1.54, 1.807) is 37.4 Å². The van der Waals surface area contributed by atoms with Gasteiger partial charge < -0.3 is 15.1 Å². The van der Waals surface area contributed by atoms with Crippen LogP contribution in [-0.2, 0) is 26.7 Å². The van der Waals surface area contributed by atoms with E-state index >= 15 is 4.39 Å². The van der Waals surface area contributed by atoms with Crippen molar-refractivity contribution in [1.82, 2.24) is 35.0 Å². The molecule has 14 nitrogen and oxygen atoms in total. The molecule has 4 aliphatic rings. The number of carbonyl (C=O) groups is 3. The van der Waals surface area contributed by atoms with E-state index in [9.17, 15) is 22.8 Å². The summed E-state index contributed by atoms with van der Waals surface area (Å²) in [5.74, 6) is -0.805. The first kappa shape index (κ1) is 41.9. The van der Waals surface area contributed by atoms with Gasteiger partial charge in [-0.2, -0.15) is 0 Å². The largest absolute Gasteiger partial charge is 0.351 e. The Labute approximate surface area is 354 Å². The van der Waals surface area contributed by atoms with Gasteiger partial charge in [0.1, 0.15) is 0 Å². The van der Waals surface area contributed by atoms with E-state index in [4.69, 9.17) is 9.97 Å². The zero-order valence-corrected chi connectivity index (χ0v) is 36.1. The van der Waals surface area contributed by atoms with Gasteiger partial charge >= 0.3 is 0 Å². The molecule has 1 aliphatic carbocycles. The Bertz CT molecular complexity index is 2410. The number of aromatic nitrogens is 3. The van der Waals surface area contributed by atoms with Gasteiger partial charge in [-0.3, -0.25) is 29.3 Å². The van der Waals surface area contributed by atoms with Crippen LogP contribution in [0.3, 0.4) is 0 Å². The average Bonchev–Trinajstić information content (AvgIpc) is 3.75. The number of amides is 3. The Morgan fingerprint density at radius 2 is 1.70 bits per heavy atom. The molecule has 0 radical (unpaired) electrons. The Kier molecular flexibility index (Phi) is 11.6. The second-order valence-electron chi connectivity index (χ2n) is 17.6. The van der Waals surface area contributed by atoms with Crippen molar-refractivity contribution in [2.75, 3.05) is 68.1 Å². The fourth-order valence-corrected chi connectivity index (χ4v) is 11.0. The minimum Gasteiger partial charge on any atom is -0.351 e. The average molecular weight is 858 g/mol. The molecule has 3 fully saturated rings. The quantitative estimate of drug-likeness (QED) is 0.139. The highest BCUT2D eigenvalue weighted by molar-refractivity contribution is 7.92. The molecular formula is C43H52FN9O5S2. The Morgan fingerprint density at radius 1 is 0.983 bits per heavy atom. The third-order valence-corrected chi connectivity index (χ3v) is 14.8. The van der Waals surface area contributed by atoms with E-state index in [0.29, 0.717) is 46.3 Å². The number of benzene rings is 2. The molecule has 1 saturated carbocycles. The maximum Gasteiger partial charge on any atom is 0.259 e. The van der Waals surface area contributed by atoms with E-state index in [1.165, 1.54) is 17.4 Å². The zero-order chi connectivity index (χ0) is 42.4. The highest BCUT2D eigenvalue weighted by atomic mass is 32.2. The number of thiazole rings is 1. The molecule has 2 aromatic carbocycles. The summed E-state index contributed by atoms with van der Waals surface area (Å²) in [6, 6.07) is 12.0. The molecule has 318 valence electrons. The van der Waals surface area contributed by atoms with Crippen LogP contribution in [0.2, 0.25) is 0 Å². The number of fused-ring (bicyclic) bond motifs is 1. The molecule has 2 aromatic heterocycles. The molecule has 0 bridgehead atoms. The number of hydrogen-bond acceptors (Lipinski definition) is 12. The number of sulfonamides is 1. The fourth-order valence-electron chi connectivity index (χ4n) is 8.76. The first-order valence-corrected chi connectivity index (χ1v) is 23.2. The van der Waals surface area contributed by atoms with Crippen LogP contribution in [0.15, 0.2) is 48.7 Å². The summed E-state index contributed by atoms with van der Waals surface area (Å²) in [5.41, 5.74) is 2.72. The van der Waals surface area contributed by atoms with Crippen LogP contribution in [0.5, 0.6) is 0 Å². The van der Waals surface area contributed by atoms with E-state index in [-0.39, 0.29) is 51.6 Å². The van der Waals surface area contributed by atoms with E-state index < -0.39 is 15.8 Å². The van der Waals surface area contributed by atoms with Crippen molar-refractivity contribution in [3.63, 3.8) is 0 Å². The molecule has 0 unspecified atom stereocenters. The van der Waals surface area contributed by atoms with Gasteiger partial charge in [-0.15, -0.1) is 11.3 Å². The summed E-state index contributed by atoms with van der Waals surface area (Å²) in [4.78, 5) is 59.0. The lowest BCUT2D eigenvalue weighted by molar-refractivity contribution is -0.152. The predicted molar refractivity (Wildman–Crippen MR) is 230 cm³/mol. The first-order chi connectivity index (χ1) is 28.6. The number of likely N-dealkylation sites (tertiary alicyclic amines) is 1. The van der Waals surface area contributed by atoms with Crippen LogP contribution in [-0.4, -0.2) is 120 Å². The number of nitrogens with zero attached hydrogens (tertiary/aromatic N) is 6. The van der Waals surface area contributed by atoms with E-state index in [2.05, 4.69) is 30.1 Å². The van der Waals surface area contributed by atoms with Crippen molar-refractivity contribution in [3.05, 3.63) is 76.2 Å². The van der Waals surface area contributed by atoms with Gasteiger partial charge in [-0.25, -0.2) is 27.8 Å². The molecule has 4 aromatic rings. The molecule has 3 amide bonds. The number of hydrogen-bond donors (Lipinski definition) is 3. The molecule has 0 atom stereocenters. The number of rotatable bonds is 14. The van der Waals surface area contributed by atoms with Crippen LogP contribution < -0.4 is 15.4 Å². The predicted octanol–water partition coefficient (Wildman–Crippen LogP) is 5.39. The molecule has 1 spiro atoms. The van der Waals surface area contributed by atoms with Gasteiger partial charge in [0.25, 0.3) is 11.8 Å². The van der Waals surface area contributed by atoms with Crippen molar-refractivity contribution in [2.24, 2.45) is 5.41 Å². The topological polar surface area (TPSA) is 170 Å².